The summed E-state index contributed by atoms with van der Waals surface area (Å²) in [6.07, 6.45) is 3.40. The van der Waals surface area contributed by atoms with Crippen molar-refractivity contribution in [3.63, 3.8) is 0 Å². The maximum Gasteiger partial charge on any atom is 0.281 e. The lowest BCUT2D eigenvalue weighted by molar-refractivity contribution is 0.597. The van der Waals surface area contributed by atoms with Crippen molar-refractivity contribution in [2.45, 2.75) is 11.2 Å². The predicted molar refractivity (Wildman–Crippen MR) is 72.4 cm³/mol. The third-order valence-electron chi connectivity index (χ3n) is 2.64. The molecule has 4 nitrogen and oxygen atoms in total. The normalized spacial score (nSPS) is 18.9. The lowest BCUT2D eigenvalue weighted by Crippen LogP contribution is -2.17. The molecule has 0 radical (unpaired) electrons. The molecule has 0 amide bonds. The van der Waals surface area contributed by atoms with E-state index < -0.39 is 0 Å². The predicted octanol–water partition coefficient (Wildman–Crippen LogP) is 1.87. The summed E-state index contributed by atoms with van der Waals surface area (Å²) in [6, 6.07) is 2.16. The van der Waals surface area contributed by atoms with Gasteiger partial charge < -0.3 is 4.57 Å². The molecule has 2 aromatic rings. The topological polar surface area (TPSA) is 47.8 Å². The standard InChI is InChI=1S/C10H8IN3OS/c11-3-6-5-16-10-13-9(15)7-1-2-12-4-8(7)14(6)10/h1-2,4,6H,3,5H2. The van der Waals surface area contributed by atoms with Crippen LogP contribution in [0, 0.1) is 0 Å². The Kier molecular flexibility index (Phi) is 2.62. The number of pyridine rings is 1. The van der Waals surface area contributed by atoms with E-state index in [1.54, 1.807) is 30.2 Å². The van der Waals surface area contributed by atoms with Gasteiger partial charge in [-0.1, -0.05) is 34.4 Å². The maximum atomic E-state index is 11.8. The summed E-state index contributed by atoms with van der Waals surface area (Å²) in [4.78, 5) is 20.0. The Morgan fingerprint density at radius 3 is 3.31 bits per heavy atom. The lowest BCUT2D eigenvalue weighted by Gasteiger charge is -2.13. The smallest absolute Gasteiger partial charge is 0.281 e. The van der Waals surface area contributed by atoms with E-state index >= 15 is 0 Å². The molecule has 1 aliphatic heterocycles. The van der Waals surface area contributed by atoms with E-state index in [2.05, 4.69) is 37.1 Å². The third-order valence-corrected chi connectivity index (χ3v) is 4.76. The number of fused-ring (bicyclic) bond motifs is 3. The van der Waals surface area contributed by atoms with E-state index in [1.807, 2.05) is 0 Å². The molecule has 6 heteroatoms. The molecule has 1 unspecified atom stereocenters. The van der Waals surface area contributed by atoms with E-state index in [-0.39, 0.29) is 5.56 Å². The maximum absolute atomic E-state index is 11.8. The summed E-state index contributed by atoms with van der Waals surface area (Å²) < 4.78 is 3.16. The van der Waals surface area contributed by atoms with Crippen molar-refractivity contribution in [2.75, 3.05) is 10.2 Å². The van der Waals surface area contributed by atoms with Crippen molar-refractivity contribution < 1.29 is 0 Å². The van der Waals surface area contributed by atoms with Crippen molar-refractivity contribution in [1.29, 1.82) is 0 Å². The van der Waals surface area contributed by atoms with Gasteiger partial charge in [0.1, 0.15) is 0 Å². The van der Waals surface area contributed by atoms with Gasteiger partial charge in [-0.25, -0.2) is 0 Å². The molecule has 0 spiro atoms. The van der Waals surface area contributed by atoms with Crippen LogP contribution in [0.4, 0.5) is 0 Å². The molecule has 16 heavy (non-hydrogen) atoms. The monoisotopic (exact) mass is 345 g/mol. The molecular formula is C10H8IN3OS. The Morgan fingerprint density at radius 2 is 2.50 bits per heavy atom. The fraction of sp³-hybridized carbons (Fsp3) is 0.300. The largest absolute Gasteiger partial charge is 0.314 e. The van der Waals surface area contributed by atoms with Crippen LogP contribution < -0.4 is 5.56 Å². The fourth-order valence-corrected chi connectivity index (χ4v) is 4.15. The molecule has 0 bridgehead atoms. The Morgan fingerprint density at radius 1 is 1.62 bits per heavy atom. The molecule has 0 fully saturated rings. The number of aromatic nitrogens is 3. The third kappa shape index (κ3) is 1.46. The van der Waals surface area contributed by atoms with Crippen LogP contribution in [0.15, 0.2) is 28.4 Å². The molecular weight excluding hydrogens is 337 g/mol. The zero-order chi connectivity index (χ0) is 11.1. The molecule has 1 aliphatic rings. The zero-order valence-corrected chi connectivity index (χ0v) is 11.2. The fourth-order valence-electron chi connectivity index (χ4n) is 1.88. The molecule has 2 aromatic heterocycles. The van der Waals surface area contributed by atoms with Crippen LogP contribution in [0.25, 0.3) is 10.9 Å². The van der Waals surface area contributed by atoms with E-state index in [4.69, 9.17) is 0 Å². The van der Waals surface area contributed by atoms with Crippen molar-refractivity contribution in [2.24, 2.45) is 0 Å². The second kappa shape index (κ2) is 3.99. The van der Waals surface area contributed by atoms with Crippen LogP contribution in [0.2, 0.25) is 0 Å². The summed E-state index contributed by atoms with van der Waals surface area (Å²) in [5.41, 5.74) is 0.759. The van der Waals surface area contributed by atoms with E-state index in [0.717, 1.165) is 20.9 Å². The van der Waals surface area contributed by atoms with Gasteiger partial charge >= 0.3 is 0 Å². The Hall–Kier alpha value is -0.630. The number of hydrogen-bond acceptors (Lipinski definition) is 4. The quantitative estimate of drug-likeness (QED) is 0.450. The molecule has 0 aliphatic carbocycles. The minimum absolute atomic E-state index is 0.148. The van der Waals surface area contributed by atoms with Gasteiger partial charge in [0.2, 0.25) is 0 Å². The van der Waals surface area contributed by atoms with Gasteiger partial charge in [0.05, 0.1) is 23.1 Å². The van der Waals surface area contributed by atoms with Gasteiger partial charge in [-0.15, -0.1) is 0 Å². The minimum atomic E-state index is -0.148. The number of halogens is 1. The summed E-state index contributed by atoms with van der Waals surface area (Å²) in [7, 11) is 0. The summed E-state index contributed by atoms with van der Waals surface area (Å²) in [6.45, 7) is 0. The Labute approximate surface area is 110 Å². The number of nitrogens with zero attached hydrogens (tertiary/aromatic N) is 3. The van der Waals surface area contributed by atoms with Crippen molar-refractivity contribution in [3.8, 4) is 0 Å². The number of alkyl halides is 1. The highest BCUT2D eigenvalue weighted by molar-refractivity contribution is 14.1. The summed E-state index contributed by atoms with van der Waals surface area (Å²) in [5.74, 6) is 0.989. The SMILES string of the molecule is O=c1nc2n(c3cnccc13)C(CI)CS2. The van der Waals surface area contributed by atoms with Gasteiger partial charge in [-0.3, -0.25) is 9.78 Å². The van der Waals surface area contributed by atoms with Gasteiger partial charge in [-0.05, 0) is 6.07 Å². The summed E-state index contributed by atoms with van der Waals surface area (Å²) >= 11 is 4.02. The van der Waals surface area contributed by atoms with Crippen LogP contribution in [-0.4, -0.2) is 24.7 Å². The van der Waals surface area contributed by atoms with Gasteiger partial charge in [0.25, 0.3) is 5.56 Å². The highest BCUT2D eigenvalue weighted by atomic mass is 127. The average Bonchev–Trinajstić information content (AvgIpc) is 2.72. The number of hydrogen-bond donors (Lipinski definition) is 0. The van der Waals surface area contributed by atoms with Crippen molar-refractivity contribution in [1.82, 2.24) is 14.5 Å². The zero-order valence-electron chi connectivity index (χ0n) is 8.26. The molecule has 0 saturated heterocycles. The minimum Gasteiger partial charge on any atom is -0.314 e. The molecule has 0 aromatic carbocycles. The highest BCUT2D eigenvalue weighted by Crippen LogP contribution is 2.34. The molecule has 0 saturated carbocycles. The molecule has 82 valence electrons. The first-order valence-electron chi connectivity index (χ1n) is 4.86. The lowest BCUT2D eigenvalue weighted by atomic mass is 10.3. The summed E-state index contributed by atoms with van der Waals surface area (Å²) in [5, 5.41) is 1.49. The highest BCUT2D eigenvalue weighted by Gasteiger charge is 2.24. The number of thioether (sulfide) groups is 1. The first-order chi connectivity index (χ1) is 7.81. The van der Waals surface area contributed by atoms with Gasteiger partial charge in [0.15, 0.2) is 5.16 Å². The first-order valence-corrected chi connectivity index (χ1v) is 7.37. The van der Waals surface area contributed by atoms with Crippen molar-refractivity contribution in [3.05, 3.63) is 28.8 Å². The average molecular weight is 345 g/mol. The molecule has 3 rings (SSSR count). The number of rotatable bonds is 1. The van der Waals surface area contributed by atoms with Crippen LogP contribution in [-0.2, 0) is 0 Å². The van der Waals surface area contributed by atoms with Gasteiger partial charge in [-0.2, -0.15) is 4.98 Å². The molecule has 3 heterocycles. The second-order valence-corrected chi connectivity index (χ2v) is 5.45. The van der Waals surface area contributed by atoms with Crippen LogP contribution in [0.3, 0.4) is 0 Å². The van der Waals surface area contributed by atoms with E-state index in [1.165, 1.54) is 0 Å². The van der Waals surface area contributed by atoms with Gasteiger partial charge in [0, 0.05) is 16.4 Å². The van der Waals surface area contributed by atoms with Crippen LogP contribution >= 0.6 is 34.4 Å². The Balaban J connectivity index is 2.42. The first kappa shape index (κ1) is 10.5. The molecule has 0 N–H and O–H groups in total. The molecule has 1 atom stereocenters. The van der Waals surface area contributed by atoms with Crippen LogP contribution in [0.1, 0.15) is 6.04 Å². The van der Waals surface area contributed by atoms with Crippen molar-refractivity contribution >= 4 is 45.3 Å². The van der Waals surface area contributed by atoms with E-state index in [9.17, 15) is 4.79 Å². The Bertz CT molecular complexity index is 613. The van der Waals surface area contributed by atoms with Crippen LogP contribution in [0.5, 0.6) is 0 Å². The second-order valence-electron chi connectivity index (χ2n) is 3.58. The van der Waals surface area contributed by atoms with E-state index in [0.29, 0.717) is 11.4 Å².